The van der Waals surface area contributed by atoms with Crippen LogP contribution in [-0.4, -0.2) is 324 Å². The molecule has 0 aromatic carbocycles. The van der Waals surface area contributed by atoms with E-state index in [1.54, 1.807) is 0 Å². The van der Waals surface area contributed by atoms with Gasteiger partial charge in [0.1, 0.15) is 22.2 Å². The number of ether oxygens (including phenoxy) is 13. The van der Waals surface area contributed by atoms with Crippen LogP contribution in [0.25, 0.3) is 0 Å². The zero-order chi connectivity index (χ0) is 74.4. The zero-order valence-electron chi connectivity index (χ0n) is 55.6. The third-order valence-electron chi connectivity index (χ3n) is 12.8. The molecule has 0 unspecified atom stereocenters. The Hall–Kier alpha value is -7.52. The Bertz CT molecular complexity index is 2100. The summed E-state index contributed by atoms with van der Waals surface area (Å²) in [6.07, 6.45) is -7.21. The van der Waals surface area contributed by atoms with Crippen LogP contribution in [0.2, 0.25) is 0 Å². The van der Waals surface area contributed by atoms with Gasteiger partial charge < -0.3 is 134 Å². The first-order valence-corrected chi connectivity index (χ1v) is 30.9. The number of hydrogen-bond acceptors (Lipinski definition) is 27. The second kappa shape index (κ2) is 56.2. The van der Waals surface area contributed by atoms with Crippen molar-refractivity contribution in [2.24, 2.45) is 0 Å². The largest absolute Gasteiger partial charge is 0.481 e. The normalized spacial score (nSPS) is 11.5. The molecular weight excluding hydrogens is 1390 g/mol. The first-order chi connectivity index (χ1) is 46.9. The van der Waals surface area contributed by atoms with Gasteiger partial charge in [0, 0.05) is 50.8 Å². The maximum Gasteiger partial charge on any atom is 0.406 e. The molecule has 14 N–H and O–H groups in total. The van der Waals surface area contributed by atoms with Crippen LogP contribution < -0.4 is 26.6 Å². The van der Waals surface area contributed by atoms with Gasteiger partial charge in [0.05, 0.1) is 223 Å². The molecule has 42 heteroatoms. The Kier molecular flexibility index (Phi) is 53.1. The molecule has 0 aliphatic carbocycles. The predicted octanol–water partition coefficient (Wildman–Crippen LogP) is -2.82. The average molecular weight is 1490 g/mol. The van der Waals surface area contributed by atoms with Crippen LogP contribution in [-0.2, 0) is 142 Å². The molecular formula is C58H95N5O36V. The number of carbonyl (C=O) groups excluding carboxylic acids is 5. The van der Waals surface area contributed by atoms with Crippen molar-refractivity contribution in [3.8, 4) is 0 Å². The fourth-order valence-electron chi connectivity index (χ4n) is 8.02. The predicted molar refractivity (Wildman–Crippen MR) is 327 cm³/mol. The van der Waals surface area contributed by atoms with E-state index in [-0.39, 0.29) is 97.4 Å². The van der Waals surface area contributed by atoms with E-state index in [4.69, 9.17) is 56.8 Å². The van der Waals surface area contributed by atoms with Crippen molar-refractivity contribution in [3.05, 3.63) is 0 Å². The Morgan fingerprint density at radius 3 is 0.550 bits per heavy atom. The minimum absolute atomic E-state index is 0. The summed E-state index contributed by atoms with van der Waals surface area (Å²) in [5, 5.41) is 96.1. The Morgan fingerprint density at radius 1 is 0.250 bits per heavy atom. The van der Waals surface area contributed by atoms with Gasteiger partial charge in [-0.15, -0.1) is 0 Å². The fourth-order valence-corrected chi connectivity index (χ4v) is 8.02. The summed E-state index contributed by atoms with van der Waals surface area (Å²) in [4.78, 5) is 169. The molecule has 41 nitrogen and oxygen atoms in total. The summed E-state index contributed by atoms with van der Waals surface area (Å²) in [6, 6.07) is 0. The number of aliphatic carboxylic acids is 9. The maximum absolute atomic E-state index is 14.0. The van der Waals surface area contributed by atoms with E-state index in [0.717, 1.165) is 7.11 Å². The SMILES string of the molecule is COC(=O)NCCCC(=O)NC(COCCC(=O)NC(COCCC(=O)O)(COCCC(=O)O)COCCC(=O)O)(COCCC(=O)NC(COCCC(=O)O)(COCCC(=O)O)COCCC(=O)O)COCCC(=O)NC(COCCC(=O)O)(COCCC(=O)O)COCCC(=O)O.[V]. The third kappa shape index (κ3) is 52.5. The smallest absolute Gasteiger partial charge is 0.406 e. The van der Waals surface area contributed by atoms with Crippen LogP contribution in [0.4, 0.5) is 4.79 Å². The maximum atomic E-state index is 14.0. The number of nitrogens with one attached hydrogen (secondary N) is 5. The molecule has 0 heterocycles. The topological polar surface area (TPSA) is 601 Å². The molecule has 0 rings (SSSR count). The van der Waals surface area contributed by atoms with Crippen LogP contribution in [0.3, 0.4) is 0 Å². The van der Waals surface area contributed by atoms with Gasteiger partial charge in [-0.1, -0.05) is 0 Å². The second-order valence-electron chi connectivity index (χ2n) is 22.0. The number of amides is 5. The zero-order valence-corrected chi connectivity index (χ0v) is 57.0. The summed E-state index contributed by atoms with van der Waals surface area (Å²) < 4.78 is 72.7. The quantitative estimate of drug-likeness (QED) is 0.0273. The number of methoxy groups -OCH3 is 1. The van der Waals surface area contributed by atoms with Crippen LogP contribution in [0.15, 0.2) is 0 Å². The summed E-state index contributed by atoms with van der Waals surface area (Å²) >= 11 is 0. The van der Waals surface area contributed by atoms with Gasteiger partial charge >= 0.3 is 59.8 Å². The molecule has 0 bridgehead atoms. The molecule has 0 spiro atoms. The van der Waals surface area contributed by atoms with E-state index in [1.807, 2.05) is 0 Å². The van der Waals surface area contributed by atoms with Gasteiger partial charge in [-0.3, -0.25) is 62.3 Å². The van der Waals surface area contributed by atoms with Gasteiger partial charge in [-0.05, 0) is 6.42 Å². The van der Waals surface area contributed by atoms with Crippen molar-refractivity contribution in [2.45, 2.75) is 112 Å². The monoisotopic (exact) mass is 1490 g/mol. The van der Waals surface area contributed by atoms with Crippen molar-refractivity contribution in [1.82, 2.24) is 26.6 Å². The Balaban J connectivity index is 0. The van der Waals surface area contributed by atoms with Gasteiger partial charge in [-0.25, -0.2) is 4.79 Å². The molecule has 100 heavy (non-hydrogen) atoms. The summed E-state index contributed by atoms with van der Waals surface area (Å²) in [7, 11) is 1.10. The number of alkyl carbamates (subject to hydrolysis) is 1. The standard InChI is InChI=1S/C58H95N5O36.V/c1-87-54(86)59-16-2-3-41(64)60-55(29-88-17-4-42(65)61-56(32-91-20-7-45(68)69,33-92-21-8-46(70)71)34-93-22-9-47(72)73,30-89-18-5-43(66)62-57(35-94-23-10-48(74)75,36-95-24-11-49(76)77)37-96-25-12-50(78)79)31-90-19-6-44(67)63-58(38-97-26-13-51(80)81,39-98-27-14-52(82)83)40-99-28-15-53(84)85;/h2-40H2,1H3,(H,59,86)(H,60,64)(H,61,65)(H,62,66)(H,63,67)(H,68,69)(H,70,71)(H,72,73)(H,74,75)(H,76,77)(H,78,79)(H,80,81)(H,82,83)(H,84,85);. The molecule has 0 saturated carbocycles. The third-order valence-corrected chi connectivity index (χ3v) is 12.8. The van der Waals surface area contributed by atoms with Gasteiger partial charge in [0.15, 0.2) is 0 Å². The Labute approximate surface area is 585 Å². The fraction of sp³-hybridized carbons (Fsp3) is 0.759. The summed E-state index contributed by atoms with van der Waals surface area (Å²) in [5.74, 6) is -14.4. The molecule has 573 valence electrons. The molecule has 0 aromatic heterocycles. The van der Waals surface area contributed by atoms with E-state index < -0.39 is 282 Å². The van der Waals surface area contributed by atoms with E-state index in [0.29, 0.717) is 0 Å². The van der Waals surface area contributed by atoms with E-state index in [9.17, 15) is 113 Å². The minimum atomic E-state index is -1.89. The van der Waals surface area contributed by atoms with E-state index in [1.165, 1.54) is 0 Å². The number of rotatable bonds is 68. The average Bonchev–Trinajstić information content (AvgIpc) is 0.876. The molecule has 0 aliphatic rings. The van der Waals surface area contributed by atoms with Crippen molar-refractivity contribution in [3.63, 3.8) is 0 Å². The first kappa shape index (κ1) is 94.5. The van der Waals surface area contributed by atoms with Crippen molar-refractivity contribution >= 4 is 83.4 Å². The Morgan fingerprint density at radius 2 is 0.400 bits per heavy atom. The van der Waals surface area contributed by atoms with E-state index >= 15 is 0 Å². The van der Waals surface area contributed by atoms with Crippen LogP contribution >= 0.6 is 0 Å². The van der Waals surface area contributed by atoms with Crippen molar-refractivity contribution in [1.29, 1.82) is 0 Å². The summed E-state index contributed by atoms with van der Waals surface area (Å²) in [5.41, 5.74) is -7.03. The molecule has 1 radical (unpaired) electrons. The number of carboxylic acid groups (broad SMARTS) is 9. The van der Waals surface area contributed by atoms with Crippen LogP contribution in [0, 0.1) is 0 Å². The van der Waals surface area contributed by atoms with E-state index in [2.05, 4.69) is 31.3 Å². The molecule has 0 atom stereocenters. The molecule has 0 fully saturated rings. The van der Waals surface area contributed by atoms with Crippen molar-refractivity contribution < 1.29 is 193 Å². The van der Waals surface area contributed by atoms with Gasteiger partial charge in [0.2, 0.25) is 23.6 Å². The first-order valence-electron chi connectivity index (χ1n) is 30.9. The molecule has 0 saturated heterocycles. The summed E-state index contributed by atoms with van der Waals surface area (Å²) in [6.45, 7) is -11.6. The number of carbonyl (C=O) groups is 14. The van der Waals surface area contributed by atoms with Gasteiger partial charge in [-0.2, -0.15) is 0 Å². The number of hydrogen-bond donors (Lipinski definition) is 14. The van der Waals surface area contributed by atoms with Gasteiger partial charge in [0.25, 0.3) is 0 Å². The molecule has 0 aromatic rings. The second-order valence-corrected chi connectivity index (χ2v) is 22.0. The molecule has 5 amide bonds. The van der Waals surface area contributed by atoms with Crippen LogP contribution in [0.1, 0.15) is 89.9 Å². The minimum Gasteiger partial charge on any atom is -0.481 e. The molecule has 0 aliphatic heterocycles. The number of carboxylic acids is 9. The van der Waals surface area contributed by atoms with Crippen molar-refractivity contribution in [2.75, 3.05) is 172 Å². The van der Waals surface area contributed by atoms with Crippen LogP contribution in [0.5, 0.6) is 0 Å².